The number of benzene rings is 1. The quantitative estimate of drug-likeness (QED) is 0.631. The summed E-state index contributed by atoms with van der Waals surface area (Å²) < 4.78 is 11.9. The number of methoxy groups -OCH3 is 2. The van der Waals surface area contributed by atoms with Gasteiger partial charge in [-0.25, -0.2) is 0 Å². The average Bonchev–Trinajstić information content (AvgIpc) is 3.08. The minimum absolute atomic E-state index is 0.356. The first-order chi connectivity index (χ1) is 9.63. The van der Waals surface area contributed by atoms with Gasteiger partial charge in [-0.1, -0.05) is 22.4 Å². The van der Waals surface area contributed by atoms with Crippen LogP contribution in [0.3, 0.4) is 0 Å². The Morgan fingerprint density at radius 3 is 2.40 bits per heavy atom. The molecule has 4 atom stereocenters. The Morgan fingerprint density at radius 1 is 1.10 bits per heavy atom. The van der Waals surface area contributed by atoms with Gasteiger partial charge in [-0.05, 0) is 65.1 Å². The summed E-state index contributed by atoms with van der Waals surface area (Å²) >= 11 is 7.47. The molecule has 0 amide bonds. The highest BCUT2D eigenvalue weighted by molar-refractivity contribution is 9.10. The third-order valence-corrected chi connectivity index (χ3v) is 6.76. The molecule has 110 valence electrons. The van der Waals surface area contributed by atoms with Crippen molar-refractivity contribution in [2.45, 2.75) is 30.5 Å². The van der Waals surface area contributed by atoms with Crippen LogP contribution in [-0.4, -0.2) is 14.2 Å². The summed E-state index contributed by atoms with van der Waals surface area (Å²) in [5, 5.41) is 0. The minimum atomic E-state index is 0.356. The molecule has 2 fully saturated rings. The molecular weight excluding hydrogens is 384 g/mol. The van der Waals surface area contributed by atoms with Crippen molar-refractivity contribution in [1.82, 2.24) is 0 Å². The molecule has 1 aromatic carbocycles. The van der Waals surface area contributed by atoms with Crippen LogP contribution in [0.25, 0.3) is 0 Å². The van der Waals surface area contributed by atoms with Gasteiger partial charge < -0.3 is 9.47 Å². The van der Waals surface area contributed by atoms with E-state index in [1.165, 1.54) is 31.2 Å². The maximum absolute atomic E-state index is 5.57. The molecular formula is C16H20Br2O2. The van der Waals surface area contributed by atoms with Crippen LogP contribution in [0.5, 0.6) is 11.5 Å². The summed E-state index contributed by atoms with van der Waals surface area (Å²) in [5.41, 5.74) is 1.21. The predicted molar refractivity (Wildman–Crippen MR) is 87.9 cm³/mol. The molecule has 0 radical (unpaired) electrons. The van der Waals surface area contributed by atoms with Crippen LogP contribution in [0.15, 0.2) is 16.6 Å². The van der Waals surface area contributed by atoms with E-state index in [1.54, 1.807) is 14.2 Å². The molecule has 4 unspecified atom stereocenters. The highest BCUT2D eigenvalue weighted by atomic mass is 79.9. The van der Waals surface area contributed by atoms with Crippen LogP contribution < -0.4 is 9.47 Å². The third kappa shape index (κ3) is 2.50. The second-order valence-electron chi connectivity index (χ2n) is 5.97. The Hall–Kier alpha value is -0.220. The number of rotatable bonds is 4. The van der Waals surface area contributed by atoms with Gasteiger partial charge in [-0.2, -0.15) is 0 Å². The smallest absolute Gasteiger partial charge is 0.133 e. The van der Waals surface area contributed by atoms with Crippen LogP contribution in [0.4, 0.5) is 0 Å². The molecule has 0 N–H and O–H groups in total. The van der Waals surface area contributed by atoms with Crippen molar-refractivity contribution in [2.24, 2.45) is 17.8 Å². The standard InChI is InChI=1S/C16H20Br2O2/c1-19-14-8-13(17)15(20-2)7-12(14)16(18)11-6-9-3-4-10(11)5-9/h7-11,16H,3-6H2,1-2H3. The van der Waals surface area contributed by atoms with Crippen LogP contribution in [-0.2, 0) is 0 Å². The first-order valence-electron chi connectivity index (χ1n) is 7.19. The number of halogens is 2. The molecule has 2 nitrogen and oxygen atoms in total. The second kappa shape index (κ2) is 5.88. The van der Waals surface area contributed by atoms with E-state index in [2.05, 4.69) is 37.9 Å². The number of hydrogen-bond acceptors (Lipinski definition) is 2. The van der Waals surface area contributed by atoms with E-state index in [-0.39, 0.29) is 0 Å². The first-order valence-corrected chi connectivity index (χ1v) is 8.90. The summed E-state index contributed by atoms with van der Waals surface area (Å²) in [4.78, 5) is 0.356. The molecule has 2 aliphatic carbocycles. The van der Waals surface area contributed by atoms with Crippen LogP contribution in [0.2, 0.25) is 0 Å². The molecule has 2 saturated carbocycles. The molecule has 20 heavy (non-hydrogen) atoms. The molecule has 0 heterocycles. The largest absolute Gasteiger partial charge is 0.496 e. The normalized spacial score (nSPS) is 29.5. The Bertz CT molecular complexity index is 503. The zero-order valence-corrected chi connectivity index (χ0v) is 15.0. The topological polar surface area (TPSA) is 18.5 Å². The minimum Gasteiger partial charge on any atom is -0.496 e. The lowest BCUT2D eigenvalue weighted by Gasteiger charge is -2.28. The van der Waals surface area contributed by atoms with Gasteiger partial charge in [0.05, 0.1) is 18.7 Å². The van der Waals surface area contributed by atoms with E-state index in [9.17, 15) is 0 Å². The maximum atomic E-state index is 5.57. The Kier molecular flexibility index (Phi) is 4.32. The maximum Gasteiger partial charge on any atom is 0.133 e. The summed E-state index contributed by atoms with van der Waals surface area (Å²) in [5.74, 6) is 4.36. The molecule has 1 aromatic rings. The van der Waals surface area contributed by atoms with Gasteiger partial charge in [-0.15, -0.1) is 0 Å². The lowest BCUT2D eigenvalue weighted by molar-refractivity contribution is 0.322. The van der Waals surface area contributed by atoms with Crippen molar-refractivity contribution >= 4 is 31.9 Å². The lowest BCUT2D eigenvalue weighted by Crippen LogP contribution is -2.16. The molecule has 2 bridgehead atoms. The van der Waals surface area contributed by atoms with E-state index in [0.717, 1.165) is 33.7 Å². The highest BCUT2D eigenvalue weighted by Crippen LogP contribution is 2.56. The zero-order chi connectivity index (χ0) is 14.3. The van der Waals surface area contributed by atoms with E-state index < -0.39 is 0 Å². The van der Waals surface area contributed by atoms with Gasteiger partial charge in [0, 0.05) is 10.4 Å². The summed E-state index contributed by atoms with van der Waals surface area (Å²) in [6.45, 7) is 0. The summed E-state index contributed by atoms with van der Waals surface area (Å²) in [6.07, 6.45) is 5.60. The number of hydrogen-bond donors (Lipinski definition) is 0. The van der Waals surface area contributed by atoms with Gasteiger partial charge in [0.15, 0.2) is 0 Å². The van der Waals surface area contributed by atoms with Crippen LogP contribution in [0, 0.1) is 17.8 Å². The van der Waals surface area contributed by atoms with Gasteiger partial charge >= 0.3 is 0 Å². The molecule has 0 spiro atoms. The van der Waals surface area contributed by atoms with Gasteiger partial charge in [0.2, 0.25) is 0 Å². The highest BCUT2D eigenvalue weighted by Gasteiger charge is 2.43. The molecule has 3 rings (SSSR count). The lowest BCUT2D eigenvalue weighted by atomic mass is 9.84. The Balaban J connectivity index is 1.92. The molecule has 2 aliphatic rings. The van der Waals surface area contributed by atoms with Crippen molar-refractivity contribution < 1.29 is 9.47 Å². The number of alkyl halides is 1. The van der Waals surface area contributed by atoms with Crippen molar-refractivity contribution in [2.75, 3.05) is 14.2 Å². The summed E-state index contributed by atoms with van der Waals surface area (Å²) in [7, 11) is 3.44. The zero-order valence-electron chi connectivity index (χ0n) is 11.9. The van der Waals surface area contributed by atoms with Crippen LogP contribution in [0.1, 0.15) is 36.1 Å². The molecule has 0 saturated heterocycles. The molecule has 4 heteroatoms. The van der Waals surface area contributed by atoms with Crippen molar-refractivity contribution in [3.8, 4) is 11.5 Å². The first kappa shape index (κ1) is 14.7. The monoisotopic (exact) mass is 402 g/mol. The average molecular weight is 404 g/mol. The SMILES string of the molecule is COc1cc(C(Br)C2CC3CCC2C3)c(OC)cc1Br. The van der Waals surface area contributed by atoms with E-state index in [0.29, 0.717) is 4.83 Å². The van der Waals surface area contributed by atoms with E-state index in [1.807, 2.05) is 6.07 Å². The second-order valence-corrected chi connectivity index (χ2v) is 7.81. The summed E-state index contributed by atoms with van der Waals surface area (Å²) in [6, 6.07) is 4.12. The number of ether oxygens (including phenoxy) is 2. The van der Waals surface area contributed by atoms with E-state index in [4.69, 9.17) is 9.47 Å². The third-order valence-electron chi connectivity index (χ3n) is 4.97. The Morgan fingerprint density at radius 2 is 1.85 bits per heavy atom. The number of fused-ring (bicyclic) bond motifs is 2. The predicted octanol–water partition coefficient (Wildman–Crippen LogP) is 5.34. The van der Waals surface area contributed by atoms with Crippen molar-refractivity contribution in [1.29, 1.82) is 0 Å². The fraction of sp³-hybridized carbons (Fsp3) is 0.625. The molecule has 0 aliphatic heterocycles. The Labute approximate surface area is 137 Å². The van der Waals surface area contributed by atoms with E-state index >= 15 is 0 Å². The fourth-order valence-corrected chi connectivity index (χ4v) is 5.47. The van der Waals surface area contributed by atoms with Gasteiger partial charge in [0.25, 0.3) is 0 Å². The molecule has 0 aromatic heterocycles. The fourth-order valence-electron chi connectivity index (χ4n) is 3.98. The van der Waals surface area contributed by atoms with Crippen molar-refractivity contribution in [3.63, 3.8) is 0 Å². The van der Waals surface area contributed by atoms with Crippen molar-refractivity contribution in [3.05, 3.63) is 22.2 Å². The van der Waals surface area contributed by atoms with Gasteiger partial charge in [0.1, 0.15) is 11.5 Å². The van der Waals surface area contributed by atoms with Gasteiger partial charge in [-0.3, -0.25) is 0 Å². The van der Waals surface area contributed by atoms with Crippen LogP contribution >= 0.6 is 31.9 Å².